The lowest BCUT2D eigenvalue weighted by Crippen LogP contribution is -1.85. The van der Waals surface area contributed by atoms with Crippen LogP contribution >= 0.6 is 0 Å². The number of rotatable bonds is 3. The third-order valence-electron chi connectivity index (χ3n) is 4.15. The number of aromatic nitrogens is 1. The molecule has 0 saturated carbocycles. The molecule has 0 aliphatic heterocycles. The second kappa shape index (κ2) is 5.65. The van der Waals surface area contributed by atoms with E-state index in [0.717, 1.165) is 22.5 Å². The molecule has 0 spiro atoms. The summed E-state index contributed by atoms with van der Waals surface area (Å²) in [6, 6.07) is 27.1. The first-order valence-electron chi connectivity index (χ1n) is 7.67. The molecule has 0 bridgehead atoms. The Morgan fingerprint density at radius 2 is 1.39 bits per heavy atom. The second-order valence-electron chi connectivity index (χ2n) is 5.52. The van der Waals surface area contributed by atoms with Crippen LogP contribution < -0.4 is 4.74 Å². The molecule has 2 nitrogen and oxygen atoms in total. The summed E-state index contributed by atoms with van der Waals surface area (Å²) in [4.78, 5) is 3.58. The van der Waals surface area contributed by atoms with Crippen LogP contribution in [0.3, 0.4) is 0 Å². The van der Waals surface area contributed by atoms with Crippen LogP contribution in [0.25, 0.3) is 33.3 Å². The van der Waals surface area contributed by atoms with Crippen LogP contribution in [-0.4, -0.2) is 12.1 Å². The molecule has 1 aromatic heterocycles. The van der Waals surface area contributed by atoms with Crippen molar-refractivity contribution in [3.63, 3.8) is 0 Å². The zero-order valence-corrected chi connectivity index (χ0v) is 12.9. The summed E-state index contributed by atoms with van der Waals surface area (Å²) in [7, 11) is 1.69. The van der Waals surface area contributed by atoms with Gasteiger partial charge in [-0.15, -0.1) is 0 Å². The maximum Gasteiger partial charge on any atom is 0.118 e. The van der Waals surface area contributed by atoms with E-state index in [1.807, 2.05) is 18.2 Å². The van der Waals surface area contributed by atoms with Gasteiger partial charge in [0, 0.05) is 16.5 Å². The number of ether oxygens (including phenoxy) is 1. The molecule has 2 heteroatoms. The van der Waals surface area contributed by atoms with Crippen LogP contribution in [0, 0.1) is 0 Å². The van der Waals surface area contributed by atoms with E-state index >= 15 is 0 Å². The van der Waals surface area contributed by atoms with Crippen molar-refractivity contribution in [3.8, 4) is 28.1 Å². The first-order chi connectivity index (χ1) is 11.4. The van der Waals surface area contributed by atoms with Crippen molar-refractivity contribution in [1.29, 1.82) is 0 Å². The number of benzene rings is 3. The van der Waals surface area contributed by atoms with Gasteiger partial charge in [-0.2, -0.15) is 0 Å². The van der Waals surface area contributed by atoms with Crippen molar-refractivity contribution in [3.05, 3.63) is 78.9 Å². The number of nitrogens with one attached hydrogen (secondary N) is 1. The van der Waals surface area contributed by atoms with Crippen LogP contribution in [0.4, 0.5) is 0 Å². The lowest BCUT2D eigenvalue weighted by atomic mass is 9.98. The second-order valence-corrected chi connectivity index (χ2v) is 5.52. The highest BCUT2D eigenvalue weighted by Crippen LogP contribution is 2.38. The Balaban J connectivity index is 1.98. The van der Waals surface area contributed by atoms with Crippen LogP contribution in [0.2, 0.25) is 0 Å². The summed E-state index contributed by atoms with van der Waals surface area (Å²) in [6.45, 7) is 0. The Morgan fingerprint density at radius 1 is 0.696 bits per heavy atom. The van der Waals surface area contributed by atoms with Crippen LogP contribution in [-0.2, 0) is 0 Å². The molecule has 4 rings (SSSR count). The van der Waals surface area contributed by atoms with Crippen molar-refractivity contribution < 1.29 is 4.74 Å². The number of H-pyrrole nitrogens is 1. The molecule has 4 aromatic rings. The normalized spacial score (nSPS) is 10.8. The van der Waals surface area contributed by atoms with Crippen molar-refractivity contribution in [2.75, 3.05) is 7.11 Å². The molecule has 1 N–H and O–H groups in total. The summed E-state index contributed by atoms with van der Waals surface area (Å²) in [6.07, 6.45) is 0. The fourth-order valence-corrected chi connectivity index (χ4v) is 3.02. The minimum atomic E-state index is 0.867. The summed E-state index contributed by atoms with van der Waals surface area (Å²) >= 11 is 0. The largest absolute Gasteiger partial charge is 0.497 e. The molecule has 0 fully saturated rings. The van der Waals surface area contributed by atoms with Crippen molar-refractivity contribution in [2.45, 2.75) is 0 Å². The molecule has 0 aliphatic carbocycles. The lowest BCUT2D eigenvalue weighted by Gasteiger charge is -2.07. The number of methoxy groups -OCH3 is 1. The van der Waals surface area contributed by atoms with Crippen molar-refractivity contribution >= 4 is 10.9 Å². The van der Waals surface area contributed by atoms with Crippen LogP contribution in [0.1, 0.15) is 0 Å². The molecule has 0 aliphatic rings. The summed E-state index contributed by atoms with van der Waals surface area (Å²) in [5.74, 6) is 0.867. The Hall–Kier alpha value is -3.00. The molecule has 1 heterocycles. The average molecular weight is 299 g/mol. The third kappa shape index (κ3) is 2.38. The minimum absolute atomic E-state index is 0.867. The van der Waals surface area contributed by atoms with Crippen molar-refractivity contribution in [1.82, 2.24) is 4.98 Å². The maximum atomic E-state index is 5.27. The van der Waals surface area contributed by atoms with Crippen molar-refractivity contribution in [2.24, 2.45) is 0 Å². The Kier molecular flexibility index (Phi) is 3.35. The average Bonchev–Trinajstić information content (AvgIpc) is 3.02. The summed E-state index contributed by atoms with van der Waals surface area (Å²) in [5, 5.41) is 1.24. The maximum absolute atomic E-state index is 5.27. The molecular weight excluding hydrogens is 282 g/mol. The predicted octanol–water partition coefficient (Wildman–Crippen LogP) is 5.51. The Labute approximate surface area is 135 Å². The van der Waals surface area contributed by atoms with Gasteiger partial charge in [0.25, 0.3) is 0 Å². The van der Waals surface area contributed by atoms with Crippen LogP contribution in [0.15, 0.2) is 78.9 Å². The molecule has 0 unspecified atom stereocenters. The van der Waals surface area contributed by atoms with Gasteiger partial charge in [0.05, 0.1) is 12.8 Å². The molecule has 0 radical (unpaired) electrons. The number of hydrogen-bond donors (Lipinski definition) is 1. The topological polar surface area (TPSA) is 25.0 Å². The number of hydrogen-bond acceptors (Lipinski definition) is 1. The van der Waals surface area contributed by atoms with E-state index in [1.54, 1.807) is 7.11 Å². The third-order valence-corrected chi connectivity index (χ3v) is 4.15. The zero-order valence-electron chi connectivity index (χ0n) is 12.9. The van der Waals surface area contributed by atoms with E-state index < -0.39 is 0 Å². The van der Waals surface area contributed by atoms with Crippen LogP contribution in [0.5, 0.6) is 5.75 Å². The molecule has 112 valence electrons. The van der Waals surface area contributed by atoms with Gasteiger partial charge in [-0.05, 0) is 41.5 Å². The van der Waals surface area contributed by atoms with Gasteiger partial charge in [-0.1, -0.05) is 48.5 Å². The van der Waals surface area contributed by atoms with Gasteiger partial charge >= 0.3 is 0 Å². The Bertz CT molecular complexity index is 937. The quantitative estimate of drug-likeness (QED) is 0.530. The highest BCUT2D eigenvalue weighted by Gasteiger charge is 2.14. The van der Waals surface area contributed by atoms with E-state index in [9.17, 15) is 0 Å². The van der Waals surface area contributed by atoms with E-state index in [-0.39, 0.29) is 0 Å². The highest BCUT2D eigenvalue weighted by molar-refractivity contribution is 6.03. The monoisotopic (exact) mass is 299 g/mol. The standard InChI is InChI=1S/C21H17NO/c1-23-17-13-11-16(12-14-17)21-20(15-7-3-2-4-8-15)18-9-5-6-10-19(18)22-21/h2-14,22H,1H3. The highest BCUT2D eigenvalue weighted by atomic mass is 16.5. The Morgan fingerprint density at radius 3 is 2.13 bits per heavy atom. The summed E-state index contributed by atoms with van der Waals surface area (Å²) in [5.41, 5.74) is 5.90. The fourth-order valence-electron chi connectivity index (χ4n) is 3.02. The molecule has 3 aromatic carbocycles. The number of para-hydroxylation sites is 1. The molecule has 0 saturated heterocycles. The van der Waals surface area contributed by atoms with Gasteiger partial charge in [0.15, 0.2) is 0 Å². The van der Waals surface area contributed by atoms with E-state index in [1.165, 1.54) is 16.5 Å². The molecule has 23 heavy (non-hydrogen) atoms. The number of aromatic amines is 1. The first-order valence-corrected chi connectivity index (χ1v) is 7.67. The van der Waals surface area contributed by atoms with Gasteiger partial charge in [0.2, 0.25) is 0 Å². The van der Waals surface area contributed by atoms with E-state index in [2.05, 4.69) is 65.6 Å². The lowest BCUT2D eigenvalue weighted by molar-refractivity contribution is 0.415. The molecular formula is C21H17NO. The smallest absolute Gasteiger partial charge is 0.118 e. The zero-order chi connectivity index (χ0) is 15.6. The fraction of sp³-hybridized carbons (Fsp3) is 0.0476. The summed E-state index contributed by atoms with van der Waals surface area (Å²) < 4.78 is 5.27. The van der Waals surface area contributed by atoms with Gasteiger partial charge in [-0.3, -0.25) is 0 Å². The van der Waals surface area contributed by atoms with E-state index in [0.29, 0.717) is 0 Å². The molecule has 0 atom stereocenters. The predicted molar refractivity (Wildman–Crippen MR) is 95.7 cm³/mol. The van der Waals surface area contributed by atoms with Gasteiger partial charge in [0.1, 0.15) is 5.75 Å². The molecule has 0 amide bonds. The minimum Gasteiger partial charge on any atom is -0.497 e. The SMILES string of the molecule is COc1ccc(-c2[nH]c3ccccc3c2-c2ccccc2)cc1. The number of fused-ring (bicyclic) bond motifs is 1. The van der Waals surface area contributed by atoms with E-state index in [4.69, 9.17) is 4.74 Å². The van der Waals surface area contributed by atoms with Gasteiger partial charge < -0.3 is 9.72 Å². The van der Waals surface area contributed by atoms with Gasteiger partial charge in [-0.25, -0.2) is 0 Å². The first kappa shape index (κ1) is 13.6.